The number of aromatic nitrogens is 1. The van der Waals surface area contributed by atoms with E-state index < -0.39 is 12.0 Å². The van der Waals surface area contributed by atoms with Crippen LogP contribution in [-0.4, -0.2) is 32.9 Å². The number of aromatic amines is 1. The molecule has 1 atom stereocenters. The molecule has 6 heteroatoms. The summed E-state index contributed by atoms with van der Waals surface area (Å²) in [6.45, 7) is 0. The second kappa shape index (κ2) is 4.52. The quantitative estimate of drug-likeness (QED) is 0.804. The molecule has 5 nitrogen and oxygen atoms in total. The Labute approximate surface area is 95.6 Å². The lowest BCUT2D eigenvalue weighted by Gasteiger charge is -1.98. The summed E-state index contributed by atoms with van der Waals surface area (Å²) in [6, 6.07) is 0.785. The largest absolute Gasteiger partial charge is 0.480 e. The van der Waals surface area contributed by atoms with Crippen LogP contribution in [0.5, 0.6) is 0 Å². The van der Waals surface area contributed by atoms with Gasteiger partial charge in [-0.2, -0.15) is 0 Å². The maximum atomic E-state index is 11.4. The number of nitrogens with zero attached hydrogens (tertiary/aromatic N) is 1. The van der Waals surface area contributed by atoms with E-state index in [1.54, 1.807) is 12.4 Å². The number of rotatable bonds is 3. The van der Waals surface area contributed by atoms with Crippen LogP contribution in [-0.2, 0) is 11.2 Å². The summed E-state index contributed by atoms with van der Waals surface area (Å²) >= 11 is 1.40. The Bertz CT molecular complexity index is 495. The Morgan fingerprint density at radius 1 is 1.69 bits per heavy atom. The van der Waals surface area contributed by atoms with Crippen molar-refractivity contribution in [1.29, 1.82) is 0 Å². The molecular weight excluding hydrogens is 228 g/mol. The van der Waals surface area contributed by atoms with Crippen LogP contribution in [0, 0.1) is 0 Å². The minimum atomic E-state index is -0.913. The Hall–Kier alpha value is -1.56. The second-order valence-electron chi connectivity index (χ2n) is 3.40. The first-order chi connectivity index (χ1) is 7.66. The van der Waals surface area contributed by atoms with Crippen LogP contribution in [0.4, 0.5) is 0 Å². The molecule has 2 N–H and O–H groups in total. The third kappa shape index (κ3) is 2.33. The second-order valence-corrected chi connectivity index (χ2v) is 4.49. The lowest BCUT2D eigenvalue weighted by atomic mass is 10.2. The van der Waals surface area contributed by atoms with Gasteiger partial charge in [0.1, 0.15) is 0 Å². The molecule has 84 valence electrons. The van der Waals surface area contributed by atoms with Crippen LogP contribution < -0.4 is 5.43 Å². The molecule has 2 heterocycles. The van der Waals surface area contributed by atoms with Gasteiger partial charge in [-0.1, -0.05) is 0 Å². The molecule has 2 rings (SSSR count). The number of carboxylic acids is 1. The van der Waals surface area contributed by atoms with Crippen LogP contribution in [0.1, 0.15) is 5.56 Å². The SMILES string of the molecule is O=C(O)[C@@H]1CSC(Cc2c[nH]ccc2=O)=N1. The van der Waals surface area contributed by atoms with E-state index in [0.29, 0.717) is 22.8 Å². The zero-order valence-electron chi connectivity index (χ0n) is 8.34. The minimum absolute atomic E-state index is 0.0548. The molecule has 0 radical (unpaired) electrons. The molecule has 1 aromatic rings. The summed E-state index contributed by atoms with van der Waals surface area (Å²) in [7, 11) is 0. The number of aliphatic imine (C=N–C) groups is 1. The van der Waals surface area contributed by atoms with Gasteiger partial charge in [-0.3, -0.25) is 9.79 Å². The predicted molar refractivity (Wildman–Crippen MR) is 62.1 cm³/mol. The van der Waals surface area contributed by atoms with Crippen molar-refractivity contribution in [2.45, 2.75) is 12.5 Å². The maximum absolute atomic E-state index is 11.4. The molecule has 0 unspecified atom stereocenters. The zero-order chi connectivity index (χ0) is 11.5. The van der Waals surface area contributed by atoms with Crippen molar-refractivity contribution in [3.05, 3.63) is 34.2 Å². The monoisotopic (exact) mass is 238 g/mol. The summed E-state index contributed by atoms with van der Waals surface area (Å²) < 4.78 is 0. The lowest BCUT2D eigenvalue weighted by Crippen LogP contribution is -2.17. The van der Waals surface area contributed by atoms with Gasteiger partial charge in [0.05, 0.1) is 5.04 Å². The maximum Gasteiger partial charge on any atom is 0.329 e. The zero-order valence-corrected chi connectivity index (χ0v) is 9.16. The summed E-state index contributed by atoms with van der Waals surface area (Å²) in [5.41, 5.74) is 0.556. The van der Waals surface area contributed by atoms with Crippen molar-refractivity contribution in [2.75, 3.05) is 5.75 Å². The van der Waals surface area contributed by atoms with E-state index in [9.17, 15) is 9.59 Å². The average molecular weight is 238 g/mol. The van der Waals surface area contributed by atoms with E-state index >= 15 is 0 Å². The fourth-order valence-electron chi connectivity index (χ4n) is 1.40. The summed E-state index contributed by atoms with van der Waals surface area (Å²) in [6.07, 6.45) is 3.60. The molecule has 0 aromatic carbocycles. The fourth-order valence-corrected chi connectivity index (χ4v) is 2.43. The highest BCUT2D eigenvalue weighted by Gasteiger charge is 2.24. The highest BCUT2D eigenvalue weighted by Crippen LogP contribution is 2.20. The van der Waals surface area contributed by atoms with Gasteiger partial charge in [-0.25, -0.2) is 4.79 Å². The Kier molecular flexibility index (Phi) is 3.09. The number of carboxylic acid groups (broad SMARTS) is 1. The van der Waals surface area contributed by atoms with Gasteiger partial charge in [0, 0.05) is 36.2 Å². The van der Waals surface area contributed by atoms with E-state index in [1.165, 1.54) is 17.8 Å². The standard InChI is InChI=1S/C10H10N2O3S/c13-8-1-2-11-4-6(8)3-9-12-7(5-16-9)10(14)15/h1-2,4,7H,3,5H2,(H,11,13)(H,14,15)/t7-/m0/s1. The van der Waals surface area contributed by atoms with Crippen molar-refractivity contribution in [2.24, 2.45) is 4.99 Å². The normalized spacial score (nSPS) is 19.5. The highest BCUT2D eigenvalue weighted by molar-refractivity contribution is 8.14. The molecule has 0 fully saturated rings. The van der Waals surface area contributed by atoms with Gasteiger partial charge in [-0.15, -0.1) is 11.8 Å². The molecule has 16 heavy (non-hydrogen) atoms. The molecule has 0 saturated heterocycles. The number of hydrogen-bond acceptors (Lipinski definition) is 4. The first-order valence-corrected chi connectivity index (χ1v) is 5.73. The van der Waals surface area contributed by atoms with Crippen LogP contribution in [0.25, 0.3) is 0 Å². The third-order valence-electron chi connectivity index (χ3n) is 2.24. The third-order valence-corrected chi connectivity index (χ3v) is 3.30. The van der Waals surface area contributed by atoms with Crippen molar-refractivity contribution >= 4 is 22.8 Å². The fraction of sp³-hybridized carbons (Fsp3) is 0.300. The first-order valence-electron chi connectivity index (χ1n) is 4.75. The van der Waals surface area contributed by atoms with Gasteiger partial charge in [0.15, 0.2) is 11.5 Å². The number of thioether (sulfide) groups is 1. The molecule has 0 spiro atoms. The van der Waals surface area contributed by atoms with Gasteiger partial charge < -0.3 is 10.1 Å². The number of aliphatic carboxylic acids is 1. The number of H-pyrrole nitrogens is 1. The molecule has 0 bridgehead atoms. The Morgan fingerprint density at radius 2 is 2.50 bits per heavy atom. The molecule has 1 aliphatic rings. The van der Waals surface area contributed by atoms with Gasteiger partial charge >= 0.3 is 5.97 Å². The van der Waals surface area contributed by atoms with Crippen molar-refractivity contribution in [3.8, 4) is 0 Å². The van der Waals surface area contributed by atoms with E-state index in [-0.39, 0.29) is 5.43 Å². The molecule has 0 amide bonds. The average Bonchev–Trinajstić information content (AvgIpc) is 2.70. The van der Waals surface area contributed by atoms with Crippen LogP contribution in [0.15, 0.2) is 28.2 Å². The number of hydrogen-bond donors (Lipinski definition) is 2. The van der Waals surface area contributed by atoms with Gasteiger partial charge in [0.25, 0.3) is 0 Å². The van der Waals surface area contributed by atoms with Crippen LogP contribution >= 0.6 is 11.8 Å². The van der Waals surface area contributed by atoms with Crippen LogP contribution in [0.2, 0.25) is 0 Å². The van der Waals surface area contributed by atoms with Crippen molar-refractivity contribution < 1.29 is 9.90 Å². The Morgan fingerprint density at radius 3 is 3.12 bits per heavy atom. The minimum Gasteiger partial charge on any atom is -0.480 e. The van der Waals surface area contributed by atoms with Gasteiger partial charge in [0.2, 0.25) is 0 Å². The molecule has 0 aliphatic carbocycles. The molecular formula is C10H10N2O3S. The smallest absolute Gasteiger partial charge is 0.329 e. The van der Waals surface area contributed by atoms with E-state index in [4.69, 9.17) is 5.11 Å². The summed E-state index contributed by atoms with van der Waals surface area (Å²) in [5, 5.41) is 9.48. The lowest BCUT2D eigenvalue weighted by molar-refractivity contribution is -0.137. The molecule has 0 saturated carbocycles. The first kappa shape index (κ1) is 10.9. The molecule has 1 aliphatic heterocycles. The van der Waals surface area contributed by atoms with Gasteiger partial charge in [-0.05, 0) is 0 Å². The van der Waals surface area contributed by atoms with Crippen LogP contribution in [0.3, 0.4) is 0 Å². The number of nitrogens with one attached hydrogen (secondary N) is 1. The van der Waals surface area contributed by atoms with E-state index in [1.807, 2.05) is 0 Å². The van der Waals surface area contributed by atoms with Crippen molar-refractivity contribution in [3.63, 3.8) is 0 Å². The topological polar surface area (TPSA) is 82.5 Å². The molecule has 1 aromatic heterocycles. The summed E-state index contributed by atoms with van der Waals surface area (Å²) in [5.74, 6) is -0.459. The predicted octanol–water partition coefficient (Wildman–Crippen LogP) is 0.516. The van der Waals surface area contributed by atoms with E-state index in [2.05, 4.69) is 9.98 Å². The number of carbonyl (C=O) groups is 1. The highest BCUT2D eigenvalue weighted by atomic mass is 32.2. The number of pyridine rings is 1. The Balaban J connectivity index is 2.13. The summed E-state index contributed by atoms with van der Waals surface area (Å²) in [4.78, 5) is 29.0. The van der Waals surface area contributed by atoms with E-state index in [0.717, 1.165) is 0 Å². The van der Waals surface area contributed by atoms with Crippen molar-refractivity contribution in [1.82, 2.24) is 4.98 Å².